The van der Waals surface area contributed by atoms with E-state index in [2.05, 4.69) is 84.9 Å². The second-order valence-corrected chi connectivity index (χ2v) is 13.6. The van der Waals surface area contributed by atoms with Crippen molar-refractivity contribution in [2.75, 3.05) is 0 Å². The van der Waals surface area contributed by atoms with Crippen LogP contribution in [0.1, 0.15) is 6.85 Å². The monoisotopic (exact) mass is 706 g/mol. The molecule has 0 unspecified atom stereocenters. The average molecular weight is 707 g/mol. The molecule has 0 amide bonds. The van der Waals surface area contributed by atoms with Gasteiger partial charge in [0, 0.05) is 27.5 Å². The topological polar surface area (TPSA) is 51.8 Å². The maximum absolute atomic E-state index is 8.44. The highest BCUT2D eigenvalue weighted by Gasteiger charge is 2.16. The zero-order chi connectivity index (χ0) is 40.6. The van der Waals surface area contributed by atoms with Gasteiger partial charge in [-0.05, 0) is 84.9 Å². The molecule has 0 aliphatic rings. The second-order valence-electron chi connectivity index (χ2n) is 13.6. The molecule has 4 heteroatoms. The van der Waals surface area contributed by atoms with Crippen molar-refractivity contribution in [1.82, 2.24) is 15.0 Å². The van der Waals surface area contributed by atoms with Crippen LogP contribution in [0.15, 0.2) is 192 Å². The fourth-order valence-electron chi connectivity index (χ4n) is 7.71. The predicted octanol–water partition coefficient (Wildman–Crippen LogP) is 13.6. The molecule has 0 aliphatic heterocycles. The summed E-state index contributed by atoms with van der Waals surface area (Å²) in [7, 11) is 0. The molecule has 0 radical (unpaired) electrons. The number of rotatable bonds is 5. The van der Waals surface area contributed by atoms with Crippen molar-refractivity contribution in [2.24, 2.45) is 0 Å². The molecular formula is C51H31N3O. The molecule has 2 heterocycles. The van der Waals surface area contributed by atoms with E-state index in [1.54, 1.807) is 24.3 Å². The smallest absolute Gasteiger partial charge is 0.164 e. The first-order valence-electron chi connectivity index (χ1n) is 20.6. The molecule has 0 aliphatic carbocycles. The SMILES string of the molecule is [2H]c1c([2H])c([2H])c(-c2ccc(-c3nc(-c4ccccc4)nc(-c4ccc5c(c4)oc4cc(-c6ccc7c8ccccc8c8ccccc8c7c6)ccc45)n3)cc2)c([2H])c1[2H]. The minimum absolute atomic E-state index is 0.139. The third-order valence-electron chi connectivity index (χ3n) is 10.4. The van der Waals surface area contributed by atoms with E-state index in [0.29, 0.717) is 34.2 Å². The Morgan fingerprint density at radius 1 is 0.309 bits per heavy atom. The summed E-state index contributed by atoms with van der Waals surface area (Å²) in [6.07, 6.45) is 0. The number of furan rings is 1. The van der Waals surface area contributed by atoms with Gasteiger partial charge in [-0.25, -0.2) is 15.0 Å². The van der Waals surface area contributed by atoms with Gasteiger partial charge in [-0.15, -0.1) is 0 Å². The number of fused-ring (bicyclic) bond motifs is 9. The van der Waals surface area contributed by atoms with Crippen molar-refractivity contribution < 1.29 is 11.3 Å². The fourth-order valence-corrected chi connectivity index (χ4v) is 7.71. The van der Waals surface area contributed by atoms with Gasteiger partial charge in [-0.3, -0.25) is 0 Å². The van der Waals surface area contributed by atoms with Gasteiger partial charge in [0.05, 0.1) is 6.85 Å². The molecule has 0 fully saturated rings. The van der Waals surface area contributed by atoms with Crippen molar-refractivity contribution >= 4 is 54.3 Å². The minimum atomic E-state index is -0.425. The van der Waals surface area contributed by atoms with E-state index in [0.717, 1.165) is 38.6 Å². The minimum Gasteiger partial charge on any atom is -0.456 e. The number of aromatic nitrogens is 3. The van der Waals surface area contributed by atoms with Gasteiger partial charge < -0.3 is 4.42 Å². The summed E-state index contributed by atoms with van der Waals surface area (Å²) in [5, 5.41) is 9.41. The Hall–Kier alpha value is -7.43. The van der Waals surface area contributed by atoms with E-state index in [9.17, 15) is 0 Å². The molecule has 0 atom stereocenters. The predicted molar refractivity (Wildman–Crippen MR) is 227 cm³/mol. The molecular weight excluding hydrogens is 671 g/mol. The summed E-state index contributed by atoms with van der Waals surface area (Å²) in [5.41, 5.74) is 6.56. The van der Waals surface area contributed by atoms with Gasteiger partial charge in [0.1, 0.15) is 11.2 Å². The van der Waals surface area contributed by atoms with Crippen LogP contribution in [0.4, 0.5) is 0 Å². The molecule has 11 aromatic rings. The number of hydrogen-bond acceptors (Lipinski definition) is 4. The highest BCUT2D eigenvalue weighted by atomic mass is 16.3. The largest absolute Gasteiger partial charge is 0.456 e. The highest BCUT2D eigenvalue weighted by Crippen LogP contribution is 2.39. The Kier molecular flexibility index (Phi) is 6.04. The standard InChI is InChI=1S/C51H31N3O/c1-3-11-32(12-4-1)33-19-21-35(22-20-33)50-52-49(34-13-5-2-6-14-34)53-51(54-50)38-25-28-45-44-27-24-37(30-47(44)55-48(45)31-38)36-23-26-43-41-17-8-7-15-39(41)40-16-9-10-18-42(40)46(43)29-36/h1-31H/i1D,3D,4D,11D,12D. The van der Waals surface area contributed by atoms with Crippen LogP contribution in [0.5, 0.6) is 0 Å². The van der Waals surface area contributed by atoms with E-state index in [4.69, 9.17) is 26.2 Å². The molecule has 256 valence electrons. The average Bonchev–Trinajstić information content (AvgIpc) is 3.68. The first-order valence-corrected chi connectivity index (χ1v) is 18.1. The maximum atomic E-state index is 8.44. The van der Waals surface area contributed by atoms with Crippen LogP contribution < -0.4 is 0 Å². The van der Waals surface area contributed by atoms with Crippen molar-refractivity contribution in [3.63, 3.8) is 0 Å². The van der Waals surface area contributed by atoms with E-state index >= 15 is 0 Å². The zero-order valence-electron chi connectivity index (χ0n) is 34.3. The Bertz CT molecular complexity index is 3490. The number of benzene rings is 9. The van der Waals surface area contributed by atoms with E-state index in [1.165, 1.54) is 32.3 Å². The molecule has 2 aromatic heterocycles. The van der Waals surface area contributed by atoms with Crippen LogP contribution in [0, 0.1) is 0 Å². The van der Waals surface area contributed by atoms with Gasteiger partial charge in [-0.1, -0.05) is 158 Å². The quantitative estimate of drug-likeness (QED) is 0.167. The summed E-state index contributed by atoms with van der Waals surface area (Å²) in [6.45, 7) is 0. The molecule has 4 nitrogen and oxygen atoms in total. The van der Waals surface area contributed by atoms with Gasteiger partial charge in [-0.2, -0.15) is 0 Å². The summed E-state index contributed by atoms with van der Waals surface area (Å²) in [4.78, 5) is 14.7. The van der Waals surface area contributed by atoms with E-state index in [1.807, 2.05) is 48.5 Å². The van der Waals surface area contributed by atoms with Crippen LogP contribution in [0.3, 0.4) is 0 Å². The Morgan fingerprint density at radius 2 is 0.727 bits per heavy atom. The van der Waals surface area contributed by atoms with Crippen LogP contribution in [0.2, 0.25) is 0 Å². The lowest BCUT2D eigenvalue weighted by molar-refractivity contribution is 0.669. The Morgan fingerprint density at radius 3 is 1.35 bits per heavy atom. The molecule has 0 N–H and O–H groups in total. The lowest BCUT2D eigenvalue weighted by Gasteiger charge is -2.12. The molecule has 0 bridgehead atoms. The third-order valence-corrected chi connectivity index (χ3v) is 10.4. The molecule has 0 spiro atoms. The summed E-state index contributed by atoms with van der Waals surface area (Å²) < 4.78 is 47.7. The van der Waals surface area contributed by atoms with E-state index in [-0.39, 0.29) is 29.7 Å². The Balaban J connectivity index is 0.990. The lowest BCUT2D eigenvalue weighted by atomic mass is 9.92. The molecule has 9 aromatic carbocycles. The zero-order valence-corrected chi connectivity index (χ0v) is 29.3. The van der Waals surface area contributed by atoms with Crippen molar-refractivity contribution in [1.29, 1.82) is 0 Å². The van der Waals surface area contributed by atoms with E-state index < -0.39 is 6.04 Å². The van der Waals surface area contributed by atoms with Gasteiger partial charge in [0.15, 0.2) is 17.5 Å². The van der Waals surface area contributed by atoms with Gasteiger partial charge in [0.25, 0.3) is 0 Å². The maximum Gasteiger partial charge on any atom is 0.164 e. The molecule has 0 saturated carbocycles. The molecule has 55 heavy (non-hydrogen) atoms. The Labute approximate surface area is 324 Å². The van der Waals surface area contributed by atoms with Gasteiger partial charge >= 0.3 is 0 Å². The van der Waals surface area contributed by atoms with Crippen LogP contribution in [-0.4, -0.2) is 15.0 Å². The second kappa shape index (κ2) is 12.6. The van der Waals surface area contributed by atoms with Crippen LogP contribution in [0.25, 0.3) is 111 Å². The van der Waals surface area contributed by atoms with Crippen molar-refractivity contribution in [3.8, 4) is 56.4 Å². The lowest BCUT2D eigenvalue weighted by Crippen LogP contribution is -2.00. The van der Waals surface area contributed by atoms with Gasteiger partial charge in [0.2, 0.25) is 0 Å². The number of nitrogens with zero attached hydrogens (tertiary/aromatic N) is 3. The molecule has 0 saturated heterocycles. The summed E-state index contributed by atoms with van der Waals surface area (Å²) >= 11 is 0. The fraction of sp³-hybridized carbons (Fsp3) is 0. The molecule has 11 rings (SSSR count). The van der Waals surface area contributed by atoms with Crippen LogP contribution in [-0.2, 0) is 0 Å². The summed E-state index contributed by atoms with van der Waals surface area (Å²) in [6, 6.07) is 51.4. The highest BCUT2D eigenvalue weighted by molar-refractivity contribution is 6.25. The van der Waals surface area contributed by atoms with Crippen molar-refractivity contribution in [3.05, 3.63) is 188 Å². The van der Waals surface area contributed by atoms with Crippen LogP contribution >= 0.6 is 0 Å². The first-order chi connectivity index (χ1) is 29.3. The third kappa shape index (κ3) is 5.34. The normalized spacial score (nSPS) is 12.9. The van der Waals surface area contributed by atoms with Crippen molar-refractivity contribution in [2.45, 2.75) is 0 Å². The summed E-state index contributed by atoms with van der Waals surface area (Å²) in [5.74, 6) is 1.39. The number of hydrogen-bond donors (Lipinski definition) is 0. The first kappa shape index (κ1) is 26.4.